The lowest BCUT2D eigenvalue weighted by Crippen LogP contribution is -2.09. The number of hydrogen-bond donors (Lipinski definition) is 1. The van der Waals surface area contributed by atoms with E-state index in [9.17, 15) is 18.3 Å². The lowest BCUT2D eigenvalue weighted by molar-refractivity contribution is -0.137. The van der Waals surface area contributed by atoms with Gasteiger partial charge in [-0.2, -0.15) is 13.2 Å². The van der Waals surface area contributed by atoms with Crippen LogP contribution < -0.4 is 0 Å². The van der Waals surface area contributed by atoms with Crippen molar-refractivity contribution in [3.05, 3.63) is 29.3 Å². The Kier molecular flexibility index (Phi) is 3.31. The van der Waals surface area contributed by atoms with Crippen molar-refractivity contribution in [2.24, 2.45) is 0 Å². The van der Waals surface area contributed by atoms with Crippen LogP contribution in [0.2, 0.25) is 0 Å². The molecule has 94 valence electrons. The predicted molar refractivity (Wildman–Crippen MR) is 58.9 cm³/mol. The van der Waals surface area contributed by atoms with Gasteiger partial charge in [-0.05, 0) is 42.5 Å². The third kappa shape index (κ3) is 2.73. The van der Waals surface area contributed by atoms with Gasteiger partial charge in [-0.3, -0.25) is 0 Å². The Hall–Kier alpha value is -1.19. The van der Waals surface area contributed by atoms with E-state index in [1.54, 1.807) is 0 Å². The van der Waals surface area contributed by atoms with Gasteiger partial charge >= 0.3 is 6.18 Å². The second kappa shape index (κ2) is 4.59. The Morgan fingerprint density at radius 2 is 1.71 bits per heavy atom. The zero-order valence-electron chi connectivity index (χ0n) is 9.43. The van der Waals surface area contributed by atoms with Gasteiger partial charge in [0, 0.05) is 0 Å². The molecule has 1 aromatic carbocycles. The van der Waals surface area contributed by atoms with Gasteiger partial charge in [0.1, 0.15) is 5.75 Å². The van der Waals surface area contributed by atoms with Crippen LogP contribution in [0.4, 0.5) is 13.2 Å². The fourth-order valence-corrected chi connectivity index (χ4v) is 2.47. The average Bonchev–Trinajstić information content (AvgIpc) is 2.29. The maximum atomic E-state index is 12.6. The molecule has 0 heterocycles. The Morgan fingerprint density at radius 1 is 1.06 bits per heavy atom. The zero-order chi connectivity index (χ0) is 12.5. The maximum absolute atomic E-state index is 12.6. The Balaban J connectivity index is 2.31. The molecule has 1 saturated carbocycles. The van der Waals surface area contributed by atoms with E-state index in [4.69, 9.17) is 0 Å². The molecule has 0 amide bonds. The summed E-state index contributed by atoms with van der Waals surface area (Å²) in [5.74, 6) is 0.0657. The molecule has 0 atom stereocenters. The summed E-state index contributed by atoms with van der Waals surface area (Å²) in [5, 5.41) is 9.69. The van der Waals surface area contributed by atoms with E-state index in [-0.39, 0.29) is 11.7 Å². The first kappa shape index (κ1) is 12.3. The van der Waals surface area contributed by atoms with Crippen LogP contribution >= 0.6 is 0 Å². The molecule has 1 nitrogen and oxygen atoms in total. The van der Waals surface area contributed by atoms with Gasteiger partial charge in [0.15, 0.2) is 0 Å². The molecule has 1 N–H and O–H groups in total. The van der Waals surface area contributed by atoms with Crippen molar-refractivity contribution in [1.29, 1.82) is 0 Å². The molecule has 0 saturated heterocycles. The summed E-state index contributed by atoms with van der Waals surface area (Å²) < 4.78 is 37.8. The van der Waals surface area contributed by atoms with E-state index in [1.807, 2.05) is 0 Å². The molecule has 0 bridgehead atoms. The van der Waals surface area contributed by atoms with Crippen LogP contribution in [0, 0.1) is 0 Å². The van der Waals surface area contributed by atoms with Crippen LogP contribution in [0.15, 0.2) is 18.2 Å². The normalized spacial score (nSPS) is 18.3. The Morgan fingerprint density at radius 3 is 2.29 bits per heavy atom. The number of aromatic hydroxyl groups is 1. The first-order chi connectivity index (χ1) is 7.98. The molecule has 1 aliphatic carbocycles. The van der Waals surface area contributed by atoms with Gasteiger partial charge < -0.3 is 5.11 Å². The summed E-state index contributed by atoms with van der Waals surface area (Å²) in [5.41, 5.74) is -0.213. The molecule has 2 rings (SSSR count). The van der Waals surface area contributed by atoms with E-state index in [2.05, 4.69) is 0 Å². The monoisotopic (exact) mass is 244 g/mol. The fourth-order valence-electron chi connectivity index (χ4n) is 2.47. The minimum Gasteiger partial charge on any atom is -0.508 e. The highest BCUT2D eigenvalue weighted by atomic mass is 19.4. The van der Waals surface area contributed by atoms with Crippen LogP contribution in [0.5, 0.6) is 5.75 Å². The highest BCUT2D eigenvalue weighted by molar-refractivity contribution is 5.39. The quantitative estimate of drug-likeness (QED) is 0.773. The van der Waals surface area contributed by atoms with Crippen molar-refractivity contribution in [3.63, 3.8) is 0 Å². The molecule has 17 heavy (non-hydrogen) atoms. The molecule has 0 unspecified atom stereocenters. The van der Waals surface area contributed by atoms with E-state index in [0.717, 1.165) is 50.3 Å². The smallest absolute Gasteiger partial charge is 0.416 e. The number of hydrogen-bond acceptors (Lipinski definition) is 1. The van der Waals surface area contributed by atoms with Gasteiger partial charge in [-0.15, -0.1) is 0 Å². The molecule has 0 radical (unpaired) electrons. The van der Waals surface area contributed by atoms with E-state index < -0.39 is 11.7 Å². The topological polar surface area (TPSA) is 20.2 Å². The molecule has 0 aromatic heterocycles. The van der Waals surface area contributed by atoms with Crippen LogP contribution in [0.3, 0.4) is 0 Å². The van der Waals surface area contributed by atoms with Gasteiger partial charge in [0.2, 0.25) is 0 Å². The lowest BCUT2D eigenvalue weighted by atomic mass is 9.83. The highest BCUT2D eigenvalue weighted by Crippen LogP contribution is 2.40. The average molecular weight is 244 g/mol. The summed E-state index contributed by atoms with van der Waals surface area (Å²) in [6, 6.07) is 3.19. The molecule has 0 aliphatic heterocycles. The van der Waals surface area contributed by atoms with Crippen LogP contribution in [-0.4, -0.2) is 5.11 Å². The van der Waals surface area contributed by atoms with E-state index >= 15 is 0 Å². The SMILES string of the molecule is Oc1ccc(C(F)(F)F)cc1C1CCCCC1. The molecule has 1 aromatic rings. The van der Waals surface area contributed by atoms with Crippen molar-refractivity contribution < 1.29 is 18.3 Å². The number of alkyl halides is 3. The third-order valence-electron chi connectivity index (χ3n) is 3.40. The first-order valence-electron chi connectivity index (χ1n) is 5.88. The molecule has 1 aliphatic rings. The molecular weight excluding hydrogens is 229 g/mol. The van der Waals surface area contributed by atoms with Crippen molar-refractivity contribution in [1.82, 2.24) is 0 Å². The van der Waals surface area contributed by atoms with Crippen molar-refractivity contribution in [2.75, 3.05) is 0 Å². The first-order valence-corrected chi connectivity index (χ1v) is 5.88. The second-order valence-electron chi connectivity index (χ2n) is 4.61. The van der Waals surface area contributed by atoms with Gasteiger partial charge in [0.05, 0.1) is 5.56 Å². The number of rotatable bonds is 1. The summed E-state index contributed by atoms with van der Waals surface area (Å²) in [6.45, 7) is 0. The fraction of sp³-hybridized carbons (Fsp3) is 0.538. The summed E-state index contributed by atoms with van der Waals surface area (Å²) >= 11 is 0. The number of phenols is 1. The maximum Gasteiger partial charge on any atom is 0.416 e. The number of phenolic OH excluding ortho intramolecular Hbond substituents is 1. The number of benzene rings is 1. The molecule has 4 heteroatoms. The molecule has 1 fully saturated rings. The van der Waals surface area contributed by atoms with Crippen molar-refractivity contribution in [2.45, 2.75) is 44.2 Å². The summed E-state index contributed by atoms with van der Waals surface area (Å²) in [4.78, 5) is 0. The van der Waals surface area contributed by atoms with Crippen LogP contribution in [-0.2, 0) is 6.18 Å². The van der Waals surface area contributed by atoms with Crippen LogP contribution in [0.25, 0.3) is 0 Å². The van der Waals surface area contributed by atoms with Crippen LogP contribution in [0.1, 0.15) is 49.1 Å². The minimum absolute atomic E-state index is 0.00935. The zero-order valence-corrected chi connectivity index (χ0v) is 9.43. The molecule has 0 spiro atoms. The summed E-state index contributed by atoms with van der Waals surface area (Å²) in [6.07, 6.45) is 0.595. The largest absolute Gasteiger partial charge is 0.508 e. The standard InChI is InChI=1S/C13H15F3O/c14-13(15,16)10-6-7-12(17)11(8-10)9-4-2-1-3-5-9/h6-9,17H,1-5H2. The highest BCUT2D eigenvalue weighted by Gasteiger charge is 2.32. The molecular formula is C13H15F3O. The van der Waals surface area contributed by atoms with E-state index in [0.29, 0.717) is 5.56 Å². The minimum atomic E-state index is -4.34. The summed E-state index contributed by atoms with van der Waals surface area (Å²) in [7, 11) is 0. The van der Waals surface area contributed by atoms with Gasteiger partial charge in [-0.25, -0.2) is 0 Å². The Bertz CT molecular complexity index is 392. The third-order valence-corrected chi connectivity index (χ3v) is 3.40. The predicted octanol–water partition coefficient (Wildman–Crippen LogP) is 4.46. The Labute approximate surface area is 98.3 Å². The van der Waals surface area contributed by atoms with Crippen molar-refractivity contribution >= 4 is 0 Å². The van der Waals surface area contributed by atoms with Gasteiger partial charge in [0.25, 0.3) is 0 Å². The number of halogens is 3. The lowest BCUT2D eigenvalue weighted by Gasteiger charge is -2.23. The van der Waals surface area contributed by atoms with Gasteiger partial charge in [-0.1, -0.05) is 19.3 Å². The van der Waals surface area contributed by atoms with Crippen molar-refractivity contribution in [3.8, 4) is 5.75 Å². The second-order valence-corrected chi connectivity index (χ2v) is 4.61. The van der Waals surface area contributed by atoms with E-state index in [1.165, 1.54) is 0 Å².